The van der Waals surface area contributed by atoms with Gasteiger partial charge in [0.25, 0.3) is 0 Å². The van der Waals surface area contributed by atoms with Crippen molar-refractivity contribution >= 4 is 11.8 Å². The lowest BCUT2D eigenvalue weighted by Crippen LogP contribution is -2.44. The number of hydrogen-bond acceptors (Lipinski definition) is 4. The molecule has 6 heteroatoms. The van der Waals surface area contributed by atoms with Crippen molar-refractivity contribution in [1.29, 1.82) is 0 Å². The number of nitrogens with one attached hydrogen (secondary N) is 2. The molecular formula is C18H24N2O4. The fourth-order valence-electron chi connectivity index (χ4n) is 3.23. The SMILES string of the molecule is CC1(C)OC[C@@H](CNC(=O)[C@H]2CC(=O)N[C@@H](c3ccccc3)C2)O1. The van der Waals surface area contributed by atoms with Crippen LogP contribution in [0.15, 0.2) is 30.3 Å². The minimum absolute atomic E-state index is 0.0863. The predicted octanol–water partition coefficient (Wildman–Crippen LogP) is 1.52. The molecular weight excluding hydrogens is 308 g/mol. The van der Waals surface area contributed by atoms with Gasteiger partial charge in [-0.05, 0) is 25.8 Å². The molecule has 3 rings (SSSR count). The molecule has 2 aliphatic heterocycles. The van der Waals surface area contributed by atoms with E-state index in [0.29, 0.717) is 19.6 Å². The molecule has 2 aliphatic rings. The molecule has 0 radical (unpaired) electrons. The highest BCUT2D eigenvalue weighted by atomic mass is 16.7. The fraction of sp³-hybridized carbons (Fsp3) is 0.556. The van der Waals surface area contributed by atoms with E-state index in [1.165, 1.54) is 0 Å². The Morgan fingerprint density at radius 2 is 2.08 bits per heavy atom. The van der Waals surface area contributed by atoms with Crippen LogP contribution in [0.4, 0.5) is 0 Å². The molecule has 0 saturated carbocycles. The monoisotopic (exact) mass is 332 g/mol. The lowest BCUT2D eigenvalue weighted by Gasteiger charge is -2.29. The maximum absolute atomic E-state index is 12.5. The van der Waals surface area contributed by atoms with Crippen molar-refractivity contribution < 1.29 is 19.1 Å². The van der Waals surface area contributed by atoms with Gasteiger partial charge in [-0.25, -0.2) is 0 Å². The number of ether oxygens (including phenoxy) is 2. The molecule has 0 bridgehead atoms. The Morgan fingerprint density at radius 1 is 1.33 bits per heavy atom. The van der Waals surface area contributed by atoms with Crippen LogP contribution in [0.1, 0.15) is 38.3 Å². The van der Waals surface area contributed by atoms with Crippen LogP contribution in [0.3, 0.4) is 0 Å². The fourth-order valence-corrected chi connectivity index (χ4v) is 3.23. The lowest BCUT2D eigenvalue weighted by molar-refractivity contribution is -0.140. The third-order valence-electron chi connectivity index (χ3n) is 4.43. The van der Waals surface area contributed by atoms with Crippen LogP contribution < -0.4 is 10.6 Å². The molecule has 0 aliphatic carbocycles. The number of piperidine rings is 1. The van der Waals surface area contributed by atoms with E-state index in [1.54, 1.807) is 0 Å². The zero-order valence-electron chi connectivity index (χ0n) is 14.1. The minimum atomic E-state index is -0.599. The van der Waals surface area contributed by atoms with Crippen molar-refractivity contribution in [3.05, 3.63) is 35.9 Å². The van der Waals surface area contributed by atoms with E-state index >= 15 is 0 Å². The normalized spacial score (nSPS) is 29.1. The molecule has 0 spiro atoms. The molecule has 1 aromatic carbocycles. The highest BCUT2D eigenvalue weighted by Gasteiger charge is 2.35. The molecule has 24 heavy (non-hydrogen) atoms. The quantitative estimate of drug-likeness (QED) is 0.876. The molecule has 2 saturated heterocycles. The summed E-state index contributed by atoms with van der Waals surface area (Å²) < 4.78 is 11.2. The van der Waals surface area contributed by atoms with Crippen LogP contribution in [0, 0.1) is 5.92 Å². The second-order valence-corrected chi connectivity index (χ2v) is 6.86. The summed E-state index contributed by atoms with van der Waals surface area (Å²) in [5, 5.41) is 5.86. The van der Waals surface area contributed by atoms with Gasteiger partial charge in [-0.15, -0.1) is 0 Å². The zero-order chi connectivity index (χ0) is 17.2. The average Bonchev–Trinajstić information content (AvgIpc) is 2.92. The number of rotatable bonds is 4. The summed E-state index contributed by atoms with van der Waals surface area (Å²) >= 11 is 0. The Bertz CT molecular complexity index is 602. The van der Waals surface area contributed by atoms with Crippen LogP contribution in [0.25, 0.3) is 0 Å². The summed E-state index contributed by atoms with van der Waals surface area (Å²) in [4.78, 5) is 24.4. The van der Waals surface area contributed by atoms with Gasteiger partial charge >= 0.3 is 0 Å². The van der Waals surface area contributed by atoms with E-state index in [0.717, 1.165) is 5.56 Å². The predicted molar refractivity (Wildman–Crippen MR) is 88.0 cm³/mol. The first kappa shape index (κ1) is 16.9. The largest absolute Gasteiger partial charge is 0.353 e. The van der Waals surface area contributed by atoms with E-state index in [2.05, 4.69) is 10.6 Å². The summed E-state index contributed by atoms with van der Waals surface area (Å²) in [6.45, 7) is 4.57. The second-order valence-electron chi connectivity index (χ2n) is 6.86. The second kappa shape index (κ2) is 6.91. The summed E-state index contributed by atoms with van der Waals surface area (Å²) in [5.41, 5.74) is 1.03. The molecule has 2 heterocycles. The van der Waals surface area contributed by atoms with Crippen molar-refractivity contribution in [2.45, 2.75) is 44.6 Å². The smallest absolute Gasteiger partial charge is 0.223 e. The van der Waals surface area contributed by atoms with Gasteiger partial charge < -0.3 is 20.1 Å². The van der Waals surface area contributed by atoms with Crippen LogP contribution in [0.2, 0.25) is 0 Å². The average molecular weight is 332 g/mol. The van der Waals surface area contributed by atoms with E-state index in [-0.39, 0.29) is 36.3 Å². The zero-order valence-corrected chi connectivity index (χ0v) is 14.1. The highest BCUT2D eigenvalue weighted by Crippen LogP contribution is 2.28. The highest BCUT2D eigenvalue weighted by molar-refractivity contribution is 5.87. The third kappa shape index (κ3) is 4.13. The lowest BCUT2D eigenvalue weighted by atomic mass is 9.87. The van der Waals surface area contributed by atoms with Gasteiger partial charge in [0.1, 0.15) is 6.10 Å². The minimum Gasteiger partial charge on any atom is -0.353 e. The number of carbonyl (C=O) groups is 2. The van der Waals surface area contributed by atoms with Gasteiger partial charge in [-0.1, -0.05) is 30.3 Å². The van der Waals surface area contributed by atoms with Crippen LogP contribution in [-0.4, -0.2) is 36.9 Å². The van der Waals surface area contributed by atoms with Crippen molar-refractivity contribution in [3.8, 4) is 0 Å². The Hall–Kier alpha value is -1.92. The molecule has 0 unspecified atom stereocenters. The molecule has 2 N–H and O–H groups in total. The van der Waals surface area contributed by atoms with E-state index < -0.39 is 5.79 Å². The molecule has 6 nitrogen and oxygen atoms in total. The molecule has 1 aromatic rings. The Labute approximate surface area is 141 Å². The van der Waals surface area contributed by atoms with Gasteiger partial charge in [-0.2, -0.15) is 0 Å². The standard InChI is InChI=1S/C18H24N2O4/c1-18(2)23-11-14(24-18)10-19-17(22)13-8-15(20-16(21)9-13)12-6-4-3-5-7-12/h3-7,13-15H,8-11H2,1-2H3,(H,19,22)(H,20,21)/t13-,14-,15-/m1/s1. The number of amides is 2. The first-order chi connectivity index (χ1) is 11.4. The van der Waals surface area contributed by atoms with Crippen molar-refractivity contribution in [3.63, 3.8) is 0 Å². The van der Waals surface area contributed by atoms with Gasteiger partial charge in [0.15, 0.2) is 5.79 Å². The maximum Gasteiger partial charge on any atom is 0.223 e. The topological polar surface area (TPSA) is 76.7 Å². The number of hydrogen-bond donors (Lipinski definition) is 2. The Kier molecular flexibility index (Phi) is 4.87. The van der Waals surface area contributed by atoms with Crippen LogP contribution in [0.5, 0.6) is 0 Å². The van der Waals surface area contributed by atoms with Gasteiger partial charge in [0.2, 0.25) is 11.8 Å². The van der Waals surface area contributed by atoms with Crippen LogP contribution >= 0.6 is 0 Å². The molecule has 2 fully saturated rings. The van der Waals surface area contributed by atoms with Crippen molar-refractivity contribution in [1.82, 2.24) is 10.6 Å². The van der Waals surface area contributed by atoms with Crippen molar-refractivity contribution in [2.24, 2.45) is 5.92 Å². The van der Waals surface area contributed by atoms with E-state index in [9.17, 15) is 9.59 Å². The molecule has 3 atom stereocenters. The Balaban J connectivity index is 1.55. The summed E-state index contributed by atoms with van der Waals surface area (Å²) in [7, 11) is 0. The number of benzene rings is 1. The molecule has 2 amide bonds. The number of carbonyl (C=O) groups excluding carboxylic acids is 2. The summed E-state index contributed by atoms with van der Waals surface area (Å²) in [5.74, 6) is -1.10. The summed E-state index contributed by atoms with van der Waals surface area (Å²) in [6, 6.07) is 9.62. The molecule has 0 aromatic heterocycles. The van der Waals surface area contributed by atoms with Crippen molar-refractivity contribution in [2.75, 3.05) is 13.2 Å². The maximum atomic E-state index is 12.5. The third-order valence-corrected chi connectivity index (χ3v) is 4.43. The Morgan fingerprint density at radius 3 is 2.75 bits per heavy atom. The first-order valence-corrected chi connectivity index (χ1v) is 8.37. The first-order valence-electron chi connectivity index (χ1n) is 8.37. The van der Waals surface area contributed by atoms with Gasteiger partial charge in [-0.3, -0.25) is 9.59 Å². The van der Waals surface area contributed by atoms with Crippen LogP contribution in [-0.2, 0) is 19.1 Å². The van der Waals surface area contributed by atoms with Gasteiger partial charge in [0.05, 0.1) is 12.6 Å². The van der Waals surface area contributed by atoms with E-state index in [4.69, 9.17) is 9.47 Å². The van der Waals surface area contributed by atoms with Gasteiger partial charge in [0, 0.05) is 18.9 Å². The molecule has 130 valence electrons. The summed E-state index contributed by atoms with van der Waals surface area (Å²) in [6.07, 6.45) is 0.684. The van der Waals surface area contributed by atoms with E-state index in [1.807, 2.05) is 44.2 Å².